The van der Waals surface area contributed by atoms with Crippen molar-refractivity contribution in [1.82, 2.24) is 0 Å². The molecule has 0 aromatic heterocycles. The van der Waals surface area contributed by atoms with Crippen LogP contribution in [0.1, 0.15) is 34.5 Å². The summed E-state index contributed by atoms with van der Waals surface area (Å²) in [6, 6.07) is 12.5. The van der Waals surface area contributed by atoms with Crippen LogP contribution in [0.5, 0.6) is 11.5 Å². The number of hydrogen-bond donors (Lipinski definition) is 2. The fourth-order valence-electron chi connectivity index (χ4n) is 2.68. The SMILES string of the molecule is CC1=CC(=O)c2c(O)cc(C[C@H](O)c3ccccc3)cc2OC1. The normalized spacial score (nSPS) is 15.2. The van der Waals surface area contributed by atoms with E-state index in [0.29, 0.717) is 24.3 Å². The summed E-state index contributed by atoms with van der Waals surface area (Å²) < 4.78 is 5.61. The van der Waals surface area contributed by atoms with Gasteiger partial charge >= 0.3 is 0 Å². The molecule has 0 aliphatic carbocycles. The lowest BCUT2D eigenvalue weighted by atomic mass is 9.98. The lowest BCUT2D eigenvalue weighted by Gasteiger charge is -2.14. The number of aliphatic hydroxyl groups is 1. The van der Waals surface area contributed by atoms with Crippen LogP contribution in [0.15, 0.2) is 54.1 Å². The molecule has 0 radical (unpaired) electrons. The number of rotatable bonds is 3. The molecular formula is C19H18O4. The second-order valence-corrected chi connectivity index (χ2v) is 5.76. The van der Waals surface area contributed by atoms with Gasteiger partial charge in [-0.15, -0.1) is 0 Å². The molecule has 3 rings (SSSR count). The summed E-state index contributed by atoms with van der Waals surface area (Å²) in [7, 11) is 0. The number of ketones is 1. The second-order valence-electron chi connectivity index (χ2n) is 5.76. The molecule has 2 N–H and O–H groups in total. The van der Waals surface area contributed by atoms with Gasteiger partial charge in [0.05, 0.1) is 6.10 Å². The van der Waals surface area contributed by atoms with Gasteiger partial charge in [0.2, 0.25) is 0 Å². The summed E-state index contributed by atoms with van der Waals surface area (Å²) in [6.07, 6.45) is 1.12. The maximum Gasteiger partial charge on any atom is 0.193 e. The molecule has 4 nitrogen and oxygen atoms in total. The van der Waals surface area contributed by atoms with Gasteiger partial charge in [0.15, 0.2) is 5.78 Å². The summed E-state index contributed by atoms with van der Waals surface area (Å²) in [5.41, 5.74) is 2.50. The molecule has 23 heavy (non-hydrogen) atoms. The number of hydrogen-bond acceptors (Lipinski definition) is 4. The van der Waals surface area contributed by atoms with Gasteiger partial charge in [0.1, 0.15) is 23.7 Å². The molecule has 0 saturated carbocycles. The number of phenolic OH excluding ortho intramolecular Hbond substituents is 1. The third-order valence-electron chi connectivity index (χ3n) is 3.83. The van der Waals surface area contributed by atoms with E-state index in [4.69, 9.17) is 4.74 Å². The van der Waals surface area contributed by atoms with Crippen LogP contribution in [-0.2, 0) is 6.42 Å². The number of allylic oxidation sites excluding steroid dienone is 1. The Morgan fingerprint density at radius 3 is 2.70 bits per heavy atom. The van der Waals surface area contributed by atoms with Crippen LogP contribution in [0.3, 0.4) is 0 Å². The summed E-state index contributed by atoms with van der Waals surface area (Å²) in [5, 5.41) is 20.5. The molecule has 2 aromatic rings. The largest absolute Gasteiger partial charge is 0.507 e. The lowest BCUT2D eigenvalue weighted by Crippen LogP contribution is -2.04. The molecular weight excluding hydrogens is 292 g/mol. The van der Waals surface area contributed by atoms with Gasteiger partial charge < -0.3 is 14.9 Å². The fourth-order valence-corrected chi connectivity index (χ4v) is 2.68. The number of carbonyl (C=O) groups is 1. The Morgan fingerprint density at radius 2 is 1.96 bits per heavy atom. The van der Waals surface area contributed by atoms with E-state index < -0.39 is 6.10 Å². The van der Waals surface area contributed by atoms with Crippen LogP contribution < -0.4 is 4.74 Å². The van der Waals surface area contributed by atoms with Crippen molar-refractivity contribution < 1.29 is 19.7 Å². The van der Waals surface area contributed by atoms with Crippen molar-refractivity contribution in [3.63, 3.8) is 0 Å². The fraction of sp³-hybridized carbons (Fsp3) is 0.211. The summed E-state index contributed by atoms with van der Waals surface area (Å²) in [5.74, 6) is -0.0188. The van der Waals surface area contributed by atoms with Crippen LogP contribution >= 0.6 is 0 Å². The standard InChI is InChI=1S/C19H18O4/c1-12-7-16(21)19-17(22)9-13(10-18(19)23-11-12)8-15(20)14-5-3-2-4-6-14/h2-7,9-10,15,20,22H,8,11H2,1H3/t15-/m0/s1. The highest BCUT2D eigenvalue weighted by Crippen LogP contribution is 2.34. The number of carbonyl (C=O) groups excluding carboxylic acids is 1. The van der Waals surface area contributed by atoms with Crippen LogP contribution in [0.25, 0.3) is 0 Å². The van der Waals surface area contributed by atoms with Gasteiger partial charge in [0.25, 0.3) is 0 Å². The van der Waals surface area contributed by atoms with Crippen LogP contribution in [-0.4, -0.2) is 22.6 Å². The number of fused-ring (bicyclic) bond motifs is 1. The van der Waals surface area contributed by atoms with Gasteiger partial charge in [-0.2, -0.15) is 0 Å². The van der Waals surface area contributed by atoms with Crippen molar-refractivity contribution in [3.05, 3.63) is 70.8 Å². The van der Waals surface area contributed by atoms with Crippen LogP contribution in [0, 0.1) is 0 Å². The molecule has 0 amide bonds. The Balaban J connectivity index is 1.89. The Kier molecular flexibility index (Phi) is 4.17. The third-order valence-corrected chi connectivity index (χ3v) is 3.83. The first kappa shape index (κ1) is 15.3. The van der Waals surface area contributed by atoms with Crippen molar-refractivity contribution in [3.8, 4) is 11.5 Å². The number of aromatic hydroxyl groups is 1. The summed E-state index contributed by atoms with van der Waals surface area (Å²) in [4.78, 5) is 12.1. The minimum absolute atomic E-state index is 0.117. The van der Waals surface area contributed by atoms with Gasteiger partial charge in [-0.05, 0) is 41.8 Å². The molecule has 2 aromatic carbocycles. The molecule has 1 atom stereocenters. The minimum atomic E-state index is -0.685. The van der Waals surface area contributed by atoms with E-state index >= 15 is 0 Å². The monoisotopic (exact) mass is 310 g/mol. The first-order valence-corrected chi connectivity index (χ1v) is 7.48. The molecule has 1 heterocycles. The summed E-state index contributed by atoms with van der Waals surface area (Å²) in [6.45, 7) is 2.11. The average Bonchev–Trinajstić information content (AvgIpc) is 2.67. The molecule has 1 aliphatic heterocycles. The molecule has 0 unspecified atom stereocenters. The predicted molar refractivity (Wildman–Crippen MR) is 86.8 cm³/mol. The maximum atomic E-state index is 12.1. The second kappa shape index (κ2) is 6.26. The number of phenols is 1. The first-order valence-electron chi connectivity index (χ1n) is 7.48. The van der Waals surface area contributed by atoms with E-state index in [0.717, 1.165) is 11.1 Å². The predicted octanol–water partition coefficient (Wildman–Crippen LogP) is 3.19. The van der Waals surface area contributed by atoms with E-state index in [1.807, 2.05) is 30.3 Å². The third kappa shape index (κ3) is 3.27. The van der Waals surface area contributed by atoms with E-state index in [1.165, 1.54) is 12.1 Å². The van der Waals surface area contributed by atoms with Crippen molar-refractivity contribution in [1.29, 1.82) is 0 Å². The Bertz CT molecular complexity index is 762. The van der Waals surface area contributed by atoms with Crippen molar-refractivity contribution >= 4 is 5.78 Å². The van der Waals surface area contributed by atoms with Gasteiger partial charge in [-0.3, -0.25) is 4.79 Å². The van der Waals surface area contributed by atoms with Crippen LogP contribution in [0.2, 0.25) is 0 Å². The van der Waals surface area contributed by atoms with Gasteiger partial charge in [-0.1, -0.05) is 30.3 Å². The van der Waals surface area contributed by atoms with E-state index in [-0.39, 0.29) is 17.1 Å². The van der Waals surface area contributed by atoms with E-state index in [2.05, 4.69) is 0 Å². The topological polar surface area (TPSA) is 66.8 Å². The molecule has 118 valence electrons. The minimum Gasteiger partial charge on any atom is -0.507 e. The first-order chi connectivity index (χ1) is 11.0. The van der Waals surface area contributed by atoms with E-state index in [9.17, 15) is 15.0 Å². The van der Waals surface area contributed by atoms with Gasteiger partial charge in [-0.25, -0.2) is 0 Å². The zero-order valence-corrected chi connectivity index (χ0v) is 12.8. The summed E-state index contributed by atoms with van der Waals surface area (Å²) >= 11 is 0. The Hall–Kier alpha value is -2.59. The average molecular weight is 310 g/mol. The number of aliphatic hydroxyl groups excluding tert-OH is 1. The molecule has 1 aliphatic rings. The smallest absolute Gasteiger partial charge is 0.193 e. The quantitative estimate of drug-likeness (QED) is 0.913. The number of ether oxygens (including phenoxy) is 1. The number of benzene rings is 2. The zero-order chi connectivity index (χ0) is 16.4. The zero-order valence-electron chi connectivity index (χ0n) is 12.8. The highest BCUT2D eigenvalue weighted by atomic mass is 16.5. The van der Waals surface area contributed by atoms with Gasteiger partial charge in [0, 0.05) is 6.42 Å². The molecule has 0 fully saturated rings. The highest BCUT2D eigenvalue weighted by molar-refractivity contribution is 6.09. The molecule has 0 bridgehead atoms. The Labute approximate surface area is 134 Å². The molecule has 0 spiro atoms. The van der Waals surface area contributed by atoms with Crippen molar-refractivity contribution in [2.24, 2.45) is 0 Å². The van der Waals surface area contributed by atoms with Crippen molar-refractivity contribution in [2.75, 3.05) is 6.61 Å². The van der Waals surface area contributed by atoms with Crippen LogP contribution in [0.4, 0.5) is 0 Å². The maximum absolute atomic E-state index is 12.1. The Morgan fingerprint density at radius 1 is 1.22 bits per heavy atom. The molecule has 0 saturated heterocycles. The molecule has 4 heteroatoms. The lowest BCUT2D eigenvalue weighted by molar-refractivity contribution is 0.104. The van der Waals surface area contributed by atoms with Crippen molar-refractivity contribution in [2.45, 2.75) is 19.4 Å². The van der Waals surface area contributed by atoms with E-state index in [1.54, 1.807) is 13.0 Å². The highest BCUT2D eigenvalue weighted by Gasteiger charge is 2.21.